The van der Waals surface area contributed by atoms with E-state index in [0.29, 0.717) is 28.0 Å². The topological polar surface area (TPSA) is 71.2 Å². The van der Waals surface area contributed by atoms with Gasteiger partial charge in [0.15, 0.2) is 0 Å². The van der Waals surface area contributed by atoms with Crippen molar-refractivity contribution in [3.63, 3.8) is 0 Å². The number of pyridine rings is 1. The average molecular weight is 365 g/mol. The van der Waals surface area contributed by atoms with Gasteiger partial charge in [0.25, 0.3) is 0 Å². The Kier molecular flexibility index (Phi) is 5.11. The Bertz CT molecular complexity index is 716. The summed E-state index contributed by atoms with van der Waals surface area (Å²) in [7, 11) is 0. The van der Waals surface area contributed by atoms with Gasteiger partial charge < -0.3 is 16.0 Å². The van der Waals surface area contributed by atoms with E-state index in [4.69, 9.17) is 28.9 Å². The lowest BCUT2D eigenvalue weighted by atomic mass is 9.97. The van der Waals surface area contributed by atoms with Crippen LogP contribution in [-0.2, 0) is 4.79 Å². The first-order valence-corrected chi connectivity index (χ1v) is 8.51. The number of aromatic nitrogens is 1. The van der Waals surface area contributed by atoms with Crippen LogP contribution < -0.4 is 16.0 Å². The lowest BCUT2D eigenvalue weighted by Crippen LogP contribution is -2.41. The maximum absolute atomic E-state index is 12.6. The van der Waals surface area contributed by atoms with Crippen LogP contribution >= 0.6 is 23.2 Å². The van der Waals surface area contributed by atoms with Crippen molar-refractivity contribution in [1.82, 2.24) is 4.98 Å². The normalized spacial score (nSPS) is 17.6. The molecule has 2 aromatic rings. The third-order valence-corrected chi connectivity index (χ3v) is 4.74. The number of carbonyl (C=O) groups excluding carboxylic acids is 1. The van der Waals surface area contributed by atoms with Crippen molar-refractivity contribution >= 4 is 46.3 Å². The predicted molar refractivity (Wildman–Crippen MR) is 98.7 cm³/mol. The quantitative estimate of drug-likeness (QED) is 0.811. The van der Waals surface area contributed by atoms with Crippen LogP contribution in [0.4, 0.5) is 17.2 Å². The predicted octanol–water partition coefficient (Wildman–Crippen LogP) is 3.83. The Hall–Kier alpha value is -1.98. The molecule has 0 bridgehead atoms. The third-order valence-electron chi connectivity index (χ3n) is 4.11. The summed E-state index contributed by atoms with van der Waals surface area (Å²) in [5.74, 6) is 0.733. The maximum Gasteiger partial charge on any atom is 0.229 e. The molecule has 1 aromatic heterocycles. The first-order chi connectivity index (χ1) is 11.5. The molecule has 3 rings (SSSR count). The minimum atomic E-state index is -0.115. The highest BCUT2D eigenvalue weighted by molar-refractivity contribution is 6.39. The number of nitrogens with one attached hydrogen (secondary N) is 1. The van der Waals surface area contributed by atoms with Crippen LogP contribution in [0.25, 0.3) is 0 Å². The molecule has 0 radical (unpaired) electrons. The second kappa shape index (κ2) is 7.28. The number of nitrogens with zero attached hydrogens (tertiary/aromatic N) is 2. The van der Waals surface area contributed by atoms with Crippen LogP contribution in [-0.4, -0.2) is 24.0 Å². The number of nitrogens with two attached hydrogens (primary N) is 1. The largest absolute Gasteiger partial charge is 0.396 e. The van der Waals surface area contributed by atoms with Crippen LogP contribution in [0.5, 0.6) is 0 Å². The van der Waals surface area contributed by atoms with Gasteiger partial charge >= 0.3 is 0 Å². The second-order valence-corrected chi connectivity index (χ2v) is 6.63. The third kappa shape index (κ3) is 3.74. The number of piperidine rings is 1. The van der Waals surface area contributed by atoms with Crippen molar-refractivity contribution in [2.75, 3.05) is 29.0 Å². The van der Waals surface area contributed by atoms with E-state index >= 15 is 0 Å². The number of nitrogen functional groups attached to an aromatic ring is 1. The number of rotatable bonds is 3. The van der Waals surface area contributed by atoms with Gasteiger partial charge in [0, 0.05) is 25.0 Å². The molecule has 1 amide bonds. The van der Waals surface area contributed by atoms with Gasteiger partial charge in [-0.25, -0.2) is 4.98 Å². The van der Waals surface area contributed by atoms with Crippen molar-refractivity contribution in [1.29, 1.82) is 0 Å². The van der Waals surface area contributed by atoms with Crippen molar-refractivity contribution < 1.29 is 4.79 Å². The second-order valence-electron chi connectivity index (χ2n) is 5.82. The summed E-state index contributed by atoms with van der Waals surface area (Å²) < 4.78 is 0. The Labute approximate surface area is 150 Å². The fourth-order valence-electron chi connectivity index (χ4n) is 2.84. The standard InChI is InChI=1S/C17H18Cl2N4O/c18-13-8-12(9-14(19)16(13)20)22-17(24)11-4-3-7-23(10-11)15-5-1-2-6-21-15/h1-2,5-6,8-9,11H,3-4,7,10,20H2,(H,22,24). The molecule has 126 valence electrons. The molecule has 1 saturated heterocycles. The van der Waals surface area contributed by atoms with E-state index in [9.17, 15) is 4.79 Å². The molecular weight excluding hydrogens is 347 g/mol. The SMILES string of the molecule is Nc1c(Cl)cc(NC(=O)C2CCCN(c3ccccn3)C2)cc1Cl. The zero-order chi connectivity index (χ0) is 17.1. The van der Waals surface area contributed by atoms with Gasteiger partial charge in [-0.15, -0.1) is 0 Å². The van der Waals surface area contributed by atoms with Crippen LogP contribution in [0.15, 0.2) is 36.5 Å². The molecule has 1 aliphatic rings. The molecule has 0 aliphatic carbocycles. The monoisotopic (exact) mass is 364 g/mol. The summed E-state index contributed by atoms with van der Waals surface area (Å²) >= 11 is 12.0. The van der Waals surface area contributed by atoms with E-state index < -0.39 is 0 Å². The number of hydrogen-bond acceptors (Lipinski definition) is 4. The van der Waals surface area contributed by atoms with Crippen molar-refractivity contribution in [2.24, 2.45) is 5.92 Å². The molecule has 7 heteroatoms. The van der Waals surface area contributed by atoms with Gasteiger partial charge in [0.05, 0.1) is 21.7 Å². The molecule has 24 heavy (non-hydrogen) atoms. The molecule has 1 aliphatic heterocycles. The molecule has 0 spiro atoms. The van der Waals surface area contributed by atoms with Crippen LogP contribution in [0.1, 0.15) is 12.8 Å². The van der Waals surface area contributed by atoms with Gasteiger partial charge in [0.2, 0.25) is 5.91 Å². The smallest absolute Gasteiger partial charge is 0.229 e. The minimum Gasteiger partial charge on any atom is -0.396 e. The molecule has 5 nitrogen and oxygen atoms in total. The fraction of sp³-hybridized carbons (Fsp3) is 0.294. The molecule has 1 atom stereocenters. The summed E-state index contributed by atoms with van der Waals surface area (Å²) in [6, 6.07) is 9.01. The summed E-state index contributed by atoms with van der Waals surface area (Å²) in [6.07, 6.45) is 3.54. The van der Waals surface area contributed by atoms with Gasteiger partial charge in [-0.2, -0.15) is 0 Å². The number of hydrogen-bond donors (Lipinski definition) is 2. The average Bonchev–Trinajstić information content (AvgIpc) is 2.60. The van der Waals surface area contributed by atoms with Gasteiger partial charge in [-0.1, -0.05) is 29.3 Å². The summed E-state index contributed by atoms with van der Waals surface area (Å²) in [5.41, 5.74) is 6.59. The van der Waals surface area contributed by atoms with E-state index in [1.165, 1.54) is 0 Å². The minimum absolute atomic E-state index is 0.0486. The summed E-state index contributed by atoms with van der Waals surface area (Å²) in [5, 5.41) is 3.54. The molecule has 1 fully saturated rings. The van der Waals surface area contributed by atoms with E-state index in [0.717, 1.165) is 25.2 Å². The number of carbonyl (C=O) groups is 1. The number of benzene rings is 1. The Morgan fingerprint density at radius 3 is 2.71 bits per heavy atom. The van der Waals surface area contributed by atoms with Crippen LogP contribution in [0.2, 0.25) is 10.0 Å². The number of halogens is 2. The number of anilines is 3. The van der Waals surface area contributed by atoms with E-state index in [1.54, 1.807) is 18.3 Å². The summed E-state index contributed by atoms with van der Waals surface area (Å²) in [4.78, 5) is 19.1. The Balaban J connectivity index is 1.69. The molecule has 1 unspecified atom stereocenters. The Morgan fingerprint density at radius 1 is 1.29 bits per heavy atom. The maximum atomic E-state index is 12.6. The van der Waals surface area contributed by atoms with E-state index in [1.807, 2.05) is 18.2 Å². The molecule has 0 saturated carbocycles. The molecule has 1 aromatic carbocycles. The van der Waals surface area contributed by atoms with Gasteiger partial charge in [0.1, 0.15) is 5.82 Å². The first kappa shape index (κ1) is 16.9. The van der Waals surface area contributed by atoms with Crippen molar-refractivity contribution in [3.05, 3.63) is 46.6 Å². The lowest BCUT2D eigenvalue weighted by molar-refractivity contribution is -0.120. The van der Waals surface area contributed by atoms with Crippen LogP contribution in [0, 0.1) is 5.92 Å². The zero-order valence-electron chi connectivity index (χ0n) is 13.0. The van der Waals surface area contributed by atoms with Crippen LogP contribution in [0.3, 0.4) is 0 Å². The summed E-state index contributed by atoms with van der Waals surface area (Å²) in [6.45, 7) is 1.54. The van der Waals surface area contributed by atoms with Gasteiger partial charge in [-0.05, 0) is 37.1 Å². The van der Waals surface area contributed by atoms with Gasteiger partial charge in [-0.3, -0.25) is 4.79 Å². The van der Waals surface area contributed by atoms with Crippen molar-refractivity contribution in [3.8, 4) is 0 Å². The van der Waals surface area contributed by atoms with Crippen molar-refractivity contribution in [2.45, 2.75) is 12.8 Å². The fourth-order valence-corrected chi connectivity index (χ4v) is 3.33. The zero-order valence-corrected chi connectivity index (χ0v) is 14.5. The first-order valence-electron chi connectivity index (χ1n) is 7.76. The molecule has 3 N–H and O–H groups in total. The molecule has 2 heterocycles. The highest BCUT2D eigenvalue weighted by atomic mass is 35.5. The van der Waals surface area contributed by atoms with E-state index in [2.05, 4.69) is 15.2 Å². The highest BCUT2D eigenvalue weighted by Crippen LogP contribution is 2.31. The highest BCUT2D eigenvalue weighted by Gasteiger charge is 2.26. The molecular formula is C17H18Cl2N4O. The number of amides is 1. The lowest BCUT2D eigenvalue weighted by Gasteiger charge is -2.32. The van der Waals surface area contributed by atoms with E-state index in [-0.39, 0.29) is 11.8 Å². The Morgan fingerprint density at radius 2 is 2.04 bits per heavy atom.